The molecule has 9 heteroatoms. The number of hydrogen-bond donors (Lipinski definition) is 1. The number of amides is 2. The van der Waals surface area contributed by atoms with Gasteiger partial charge in [0.2, 0.25) is 0 Å². The molecule has 0 aromatic heterocycles. The molecule has 1 heterocycles. The molecule has 0 saturated carbocycles. The van der Waals surface area contributed by atoms with E-state index < -0.39 is 9.84 Å². The molecular formula is C14H18Cl2N2O4S. The summed E-state index contributed by atoms with van der Waals surface area (Å²) in [6.07, 6.45) is 0.466. The van der Waals surface area contributed by atoms with Crippen molar-refractivity contribution in [3.8, 4) is 5.75 Å². The summed E-state index contributed by atoms with van der Waals surface area (Å²) in [6, 6.07) is 4.13. The molecule has 0 bridgehead atoms. The first-order valence-electron chi connectivity index (χ1n) is 7.15. The zero-order chi connectivity index (χ0) is 17.0. The number of carbonyl (C=O) groups excluding carboxylic acids is 1. The number of carbonyl (C=O) groups is 1. The molecule has 1 aliphatic rings. The molecule has 2 amide bonds. The Labute approximate surface area is 145 Å². The summed E-state index contributed by atoms with van der Waals surface area (Å²) in [5.74, 6) is 0.541. The summed E-state index contributed by atoms with van der Waals surface area (Å²) in [4.78, 5) is 13.7. The zero-order valence-corrected chi connectivity index (χ0v) is 14.9. The van der Waals surface area contributed by atoms with Crippen LogP contribution in [-0.2, 0) is 9.84 Å². The third-order valence-electron chi connectivity index (χ3n) is 3.60. The minimum Gasteiger partial charge on any atom is -0.472 e. The van der Waals surface area contributed by atoms with Crippen LogP contribution >= 0.6 is 23.2 Å². The smallest absolute Gasteiger partial charge is 0.320 e. The lowest BCUT2D eigenvalue weighted by molar-refractivity contribution is 0.172. The van der Waals surface area contributed by atoms with Crippen LogP contribution in [0.2, 0.25) is 10.0 Å². The van der Waals surface area contributed by atoms with Crippen molar-refractivity contribution in [2.24, 2.45) is 0 Å². The van der Waals surface area contributed by atoms with Gasteiger partial charge in [0.1, 0.15) is 5.75 Å². The van der Waals surface area contributed by atoms with Gasteiger partial charge in [-0.05, 0) is 31.5 Å². The van der Waals surface area contributed by atoms with Gasteiger partial charge in [-0.1, -0.05) is 23.2 Å². The minimum atomic E-state index is -3.04. The van der Waals surface area contributed by atoms with Crippen LogP contribution in [0.15, 0.2) is 18.2 Å². The van der Waals surface area contributed by atoms with Crippen LogP contribution < -0.4 is 10.1 Å². The van der Waals surface area contributed by atoms with Gasteiger partial charge in [0.15, 0.2) is 16.6 Å². The molecule has 1 unspecified atom stereocenters. The predicted octanol–water partition coefficient (Wildman–Crippen LogP) is 2.55. The predicted molar refractivity (Wildman–Crippen MR) is 89.9 cm³/mol. The van der Waals surface area contributed by atoms with E-state index in [2.05, 4.69) is 5.32 Å². The number of hydrogen-bond acceptors (Lipinski definition) is 4. The summed E-state index contributed by atoms with van der Waals surface area (Å²) in [5, 5.41) is 3.45. The van der Waals surface area contributed by atoms with Crippen molar-refractivity contribution in [3.63, 3.8) is 0 Å². The Hall–Kier alpha value is -1.18. The number of ether oxygens (including phenoxy) is 1. The average molecular weight is 381 g/mol. The standard InChI is InChI=1S/C14H18Cl2N2O4S/c1-2-18(11-5-6-23(20,21)8-11)14(19)17-9-22-13-4-3-10(15)7-12(13)16/h3-4,7,11H,2,5-6,8-9H2,1H3,(H,17,19). The number of benzene rings is 1. The van der Waals surface area contributed by atoms with Crippen molar-refractivity contribution in [1.29, 1.82) is 0 Å². The van der Waals surface area contributed by atoms with Gasteiger partial charge in [0.25, 0.3) is 0 Å². The van der Waals surface area contributed by atoms with Crippen LogP contribution in [-0.4, -0.2) is 50.2 Å². The van der Waals surface area contributed by atoms with E-state index in [0.29, 0.717) is 28.8 Å². The fraction of sp³-hybridized carbons (Fsp3) is 0.500. The molecule has 2 rings (SSSR count). The van der Waals surface area contributed by atoms with Crippen molar-refractivity contribution >= 4 is 39.1 Å². The lowest BCUT2D eigenvalue weighted by Gasteiger charge is -2.27. The number of sulfone groups is 1. The van der Waals surface area contributed by atoms with Gasteiger partial charge >= 0.3 is 6.03 Å². The fourth-order valence-electron chi connectivity index (χ4n) is 2.46. The topological polar surface area (TPSA) is 75.7 Å². The first-order chi connectivity index (χ1) is 10.8. The first kappa shape index (κ1) is 18.2. The van der Waals surface area contributed by atoms with Crippen molar-refractivity contribution in [3.05, 3.63) is 28.2 Å². The third-order valence-corrected chi connectivity index (χ3v) is 5.88. The Kier molecular flexibility index (Phi) is 6.00. The SMILES string of the molecule is CCN(C(=O)NCOc1ccc(Cl)cc1Cl)C1CCS(=O)(=O)C1. The highest BCUT2D eigenvalue weighted by atomic mass is 35.5. The van der Waals surface area contributed by atoms with Crippen LogP contribution in [0.4, 0.5) is 4.79 Å². The summed E-state index contributed by atoms with van der Waals surface area (Å²) in [7, 11) is -3.04. The Morgan fingerprint density at radius 3 is 2.74 bits per heavy atom. The number of halogens is 2. The second kappa shape index (κ2) is 7.59. The zero-order valence-electron chi connectivity index (χ0n) is 12.6. The maximum absolute atomic E-state index is 12.2. The highest BCUT2D eigenvalue weighted by Gasteiger charge is 2.33. The number of rotatable bonds is 5. The molecular weight excluding hydrogens is 363 g/mol. The molecule has 0 aliphatic carbocycles. The van der Waals surface area contributed by atoms with Gasteiger partial charge in [-0.15, -0.1) is 0 Å². The Balaban J connectivity index is 1.88. The van der Waals surface area contributed by atoms with Crippen LogP contribution in [0.5, 0.6) is 5.75 Å². The van der Waals surface area contributed by atoms with Crippen LogP contribution in [0.1, 0.15) is 13.3 Å². The monoisotopic (exact) mass is 380 g/mol. The molecule has 1 fully saturated rings. The van der Waals surface area contributed by atoms with E-state index in [1.165, 1.54) is 4.90 Å². The van der Waals surface area contributed by atoms with E-state index in [1.807, 2.05) is 0 Å². The Morgan fingerprint density at radius 1 is 1.43 bits per heavy atom. The lowest BCUT2D eigenvalue weighted by Crippen LogP contribution is -2.47. The fourth-order valence-corrected chi connectivity index (χ4v) is 4.65. The summed E-state index contributed by atoms with van der Waals surface area (Å²) in [6.45, 7) is 2.16. The molecule has 23 heavy (non-hydrogen) atoms. The number of nitrogens with one attached hydrogen (secondary N) is 1. The maximum atomic E-state index is 12.2. The van der Waals surface area contributed by atoms with Crippen LogP contribution in [0.25, 0.3) is 0 Å². The summed E-state index contributed by atoms with van der Waals surface area (Å²) in [5.41, 5.74) is 0. The normalized spacial score (nSPS) is 19.3. The highest BCUT2D eigenvalue weighted by Crippen LogP contribution is 2.27. The van der Waals surface area contributed by atoms with E-state index in [-0.39, 0.29) is 30.3 Å². The molecule has 128 valence electrons. The molecule has 1 aromatic rings. The summed E-state index contributed by atoms with van der Waals surface area (Å²) >= 11 is 11.8. The molecule has 1 N–H and O–H groups in total. The van der Waals surface area contributed by atoms with Crippen molar-refractivity contribution in [2.45, 2.75) is 19.4 Å². The molecule has 0 spiro atoms. The Morgan fingerprint density at radius 2 is 2.17 bits per heavy atom. The van der Waals surface area contributed by atoms with E-state index in [4.69, 9.17) is 27.9 Å². The largest absolute Gasteiger partial charge is 0.472 e. The van der Waals surface area contributed by atoms with Gasteiger partial charge in [-0.3, -0.25) is 0 Å². The maximum Gasteiger partial charge on any atom is 0.320 e. The van der Waals surface area contributed by atoms with E-state index in [0.717, 1.165) is 0 Å². The van der Waals surface area contributed by atoms with Gasteiger partial charge in [-0.2, -0.15) is 0 Å². The van der Waals surface area contributed by atoms with E-state index in [1.54, 1.807) is 25.1 Å². The number of nitrogens with zero attached hydrogens (tertiary/aromatic N) is 1. The Bertz CT molecular complexity index is 681. The summed E-state index contributed by atoms with van der Waals surface area (Å²) < 4.78 is 28.5. The first-order valence-corrected chi connectivity index (χ1v) is 9.73. The molecule has 6 nitrogen and oxygen atoms in total. The molecule has 1 atom stereocenters. The van der Waals surface area contributed by atoms with E-state index in [9.17, 15) is 13.2 Å². The highest BCUT2D eigenvalue weighted by molar-refractivity contribution is 7.91. The van der Waals surface area contributed by atoms with Crippen LogP contribution in [0, 0.1) is 0 Å². The number of urea groups is 1. The molecule has 1 saturated heterocycles. The van der Waals surface area contributed by atoms with Crippen LogP contribution in [0.3, 0.4) is 0 Å². The van der Waals surface area contributed by atoms with Crippen molar-refractivity contribution < 1.29 is 17.9 Å². The van der Waals surface area contributed by atoms with Gasteiger partial charge in [0, 0.05) is 17.6 Å². The third kappa shape index (κ3) is 4.89. The van der Waals surface area contributed by atoms with Gasteiger partial charge in [0.05, 0.1) is 16.5 Å². The molecule has 1 aromatic carbocycles. The lowest BCUT2D eigenvalue weighted by atomic mass is 10.2. The van der Waals surface area contributed by atoms with E-state index >= 15 is 0 Å². The molecule has 1 aliphatic heterocycles. The molecule has 0 radical (unpaired) electrons. The second-order valence-corrected chi connectivity index (χ2v) is 8.26. The van der Waals surface area contributed by atoms with Gasteiger partial charge in [-0.25, -0.2) is 13.2 Å². The van der Waals surface area contributed by atoms with Gasteiger partial charge < -0.3 is 15.0 Å². The minimum absolute atomic E-state index is 0.0120. The quantitative estimate of drug-likeness (QED) is 0.796. The average Bonchev–Trinajstić information content (AvgIpc) is 2.82. The van der Waals surface area contributed by atoms with Crippen molar-refractivity contribution in [2.75, 3.05) is 24.8 Å². The second-order valence-electron chi connectivity index (χ2n) is 5.19. The van der Waals surface area contributed by atoms with Crippen molar-refractivity contribution in [1.82, 2.24) is 10.2 Å².